The number of aromatic nitrogens is 1. The molecule has 0 aliphatic heterocycles. The minimum absolute atomic E-state index is 0.414. The molecular weight excluding hydrogens is 210 g/mol. The van der Waals surface area contributed by atoms with Crippen LogP contribution in [0.25, 0.3) is 0 Å². The number of carboxylic acid groups (broad SMARTS) is 1. The molecule has 0 saturated heterocycles. The lowest BCUT2D eigenvalue weighted by Crippen LogP contribution is -2.26. The molecule has 0 aliphatic carbocycles. The van der Waals surface area contributed by atoms with Gasteiger partial charge in [-0.15, -0.1) is 11.3 Å². The highest BCUT2D eigenvalue weighted by Gasteiger charge is 2.28. The van der Waals surface area contributed by atoms with Gasteiger partial charge < -0.3 is 5.11 Å². The number of hydrogen-bond acceptors (Lipinski definition) is 3. The fraction of sp³-hybridized carbons (Fsp3) is 0.636. The van der Waals surface area contributed by atoms with Crippen LogP contribution < -0.4 is 0 Å². The van der Waals surface area contributed by atoms with Crippen LogP contribution in [0.4, 0.5) is 0 Å². The number of hydrogen-bond donors (Lipinski definition) is 1. The van der Waals surface area contributed by atoms with Crippen LogP contribution in [0, 0.1) is 5.41 Å². The maximum atomic E-state index is 10.9. The summed E-state index contributed by atoms with van der Waals surface area (Å²) in [4.78, 5) is 15.4. The third kappa shape index (κ3) is 3.02. The van der Waals surface area contributed by atoms with E-state index in [1.54, 1.807) is 25.2 Å². The number of nitrogens with zero attached hydrogens (tertiary/aromatic N) is 1. The molecule has 1 heterocycles. The van der Waals surface area contributed by atoms with E-state index in [0.29, 0.717) is 12.3 Å². The van der Waals surface area contributed by atoms with E-state index in [2.05, 4.69) is 18.8 Å². The molecule has 1 N–H and O–H groups in total. The maximum absolute atomic E-state index is 10.9. The Morgan fingerprint density at radius 3 is 2.60 bits per heavy atom. The Morgan fingerprint density at radius 2 is 2.20 bits per heavy atom. The molecular formula is C11H17NO2S. The van der Waals surface area contributed by atoms with Gasteiger partial charge in [0.2, 0.25) is 0 Å². The number of carbonyl (C=O) groups is 1. The molecule has 0 spiro atoms. The number of carboxylic acids is 1. The highest BCUT2D eigenvalue weighted by molar-refractivity contribution is 7.09. The summed E-state index contributed by atoms with van der Waals surface area (Å²) < 4.78 is 0. The first-order chi connectivity index (χ1) is 6.83. The fourth-order valence-electron chi connectivity index (χ4n) is 1.20. The Kier molecular flexibility index (Phi) is 3.50. The van der Waals surface area contributed by atoms with Crippen LogP contribution in [-0.2, 0) is 11.2 Å². The predicted molar refractivity (Wildman–Crippen MR) is 61.3 cm³/mol. The molecule has 4 heteroatoms. The summed E-state index contributed by atoms with van der Waals surface area (Å²) in [6.45, 7) is 7.63. The van der Waals surface area contributed by atoms with Crippen LogP contribution in [0.15, 0.2) is 5.38 Å². The second-order valence-corrected chi connectivity index (χ2v) is 5.59. The van der Waals surface area contributed by atoms with Crippen molar-refractivity contribution in [3.63, 3.8) is 0 Å². The largest absolute Gasteiger partial charge is 0.481 e. The van der Waals surface area contributed by atoms with Crippen molar-refractivity contribution < 1.29 is 9.90 Å². The van der Waals surface area contributed by atoms with Gasteiger partial charge in [-0.2, -0.15) is 0 Å². The van der Waals surface area contributed by atoms with E-state index in [1.165, 1.54) is 0 Å². The molecule has 0 atom stereocenters. The fourth-order valence-corrected chi connectivity index (χ4v) is 2.03. The number of rotatable bonds is 4. The van der Waals surface area contributed by atoms with Gasteiger partial charge in [-0.3, -0.25) is 4.79 Å². The van der Waals surface area contributed by atoms with Crippen LogP contribution in [0.2, 0.25) is 0 Å². The Balaban J connectivity index is 2.77. The zero-order valence-electron chi connectivity index (χ0n) is 9.57. The van der Waals surface area contributed by atoms with Gasteiger partial charge in [-0.05, 0) is 13.8 Å². The third-order valence-electron chi connectivity index (χ3n) is 2.27. The first-order valence-corrected chi connectivity index (χ1v) is 5.88. The molecule has 0 radical (unpaired) electrons. The van der Waals surface area contributed by atoms with Gasteiger partial charge in [0.15, 0.2) is 0 Å². The molecule has 15 heavy (non-hydrogen) atoms. The van der Waals surface area contributed by atoms with Gasteiger partial charge in [0.25, 0.3) is 0 Å². The van der Waals surface area contributed by atoms with Crippen molar-refractivity contribution in [3.05, 3.63) is 16.1 Å². The van der Waals surface area contributed by atoms with E-state index in [0.717, 1.165) is 10.7 Å². The summed E-state index contributed by atoms with van der Waals surface area (Å²) in [7, 11) is 0. The molecule has 3 nitrogen and oxygen atoms in total. The molecule has 0 amide bonds. The van der Waals surface area contributed by atoms with E-state index in [4.69, 9.17) is 5.11 Å². The summed E-state index contributed by atoms with van der Waals surface area (Å²) in [5.74, 6) is -0.363. The minimum Gasteiger partial charge on any atom is -0.481 e. The van der Waals surface area contributed by atoms with E-state index >= 15 is 0 Å². The average molecular weight is 227 g/mol. The Labute approximate surface area is 94.2 Å². The summed E-state index contributed by atoms with van der Waals surface area (Å²) in [6, 6.07) is 0. The topological polar surface area (TPSA) is 50.2 Å². The van der Waals surface area contributed by atoms with Gasteiger partial charge >= 0.3 is 5.97 Å². The van der Waals surface area contributed by atoms with Crippen LogP contribution in [0.1, 0.15) is 44.3 Å². The lowest BCUT2D eigenvalue weighted by Gasteiger charge is -2.17. The number of aliphatic carboxylic acids is 1. The molecule has 1 rings (SSSR count). The van der Waals surface area contributed by atoms with Crippen LogP contribution in [0.5, 0.6) is 0 Å². The zero-order chi connectivity index (χ0) is 11.6. The molecule has 0 saturated carbocycles. The average Bonchev–Trinajstić information content (AvgIpc) is 2.51. The van der Waals surface area contributed by atoms with Crippen molar-refractivity contribution in [2.24, 2.45) is 5.41 Å². The number of thiazole rings is 1. The van der Waals surface area contributed by atoms with Gasteiger partial charge in [-0.1, -0.05) is 13.8 Å². The first kappa shape index (κ1) is 12.2. The molecule has 1 aromatic heterocycles. The van der Waals surface area contributed by atoms with E-state index in [9.17, 15) is 4.79 Å². The third-order valence-corrected chi connectivity index (χ3v) is 3.46. The molecule has 0 aliphatic rings. The highest BCUT2D eigenvalue weighted by atomic mass is 32.1. The molecule has 0 unspecified atom stereocenters. The molecule has 1 aromatic rings. The lowest BCUT2D eigenvalue weighted by molar-refractivity contribution is -0.146. The SMILES string of the molecule is CC(C)c1nc(CC(C)(C)C(=O)O)cs1. The lowest BCUT2D eigenvalue weighted by atomic mass is 9.88. The Bertz CT molecular complexity index is 355. The molecule has 84 valence electrons. The van der Waals surface area contributed by atoms with Crippen molar-refractivity contribution in [1.82, 2.24) is 4.98 Å². The summed E-state index contributed by atoms with van der Waals surface area (Å²) in [5.41, 5.74) is 0.151. The monoisotopic (exact) mass is 227 g/mol. The van der Waals surface area contributed by atoms with Crippen molar-refractivity contribution in [2.75, 3.05) is 0 Å². The quantitative estimate of drug-likeness (QED) is 0.860. The van der Waals surface area contributed by atoms with Crippen molar-refractivity contribution in [3.8, 4) is 0 Å². The molecule has 0 aromatic carbocycles. The van der Waals surface area contributed by atoms with Crippen molar-refractivity contribution in [1.29, 1.82) is 0 Å². The van der Waals surface area contributed by atoms with E-state index in [1.807, 2.05) is 5.38 Å². The minimum atomic E-state index is -0.776. The zero-order valence-corrected chi connectivity index (χ0v) is 10.4. The first-order valence-electron chi connectivity index (χ1n) is 5.00. The van der Waals surface area contributed by atoms with Gasteiger partial charge in [0.1, 0.15) is 0 Å². The second-order valence-electron chi connectivity index (χ2n) is 4.70. The molecule has 0 bridgehead atoms. The van der Waals surface area contributed by atoms with E-state index < -0.39 is 11.4 Å². The second kappa shape index (κ2) is 4.31. The summed E-state index contributed by atoms with van der Waals surface area (Å²) in [6.07, 6.45) is 0.492. The van der Waals surface area contributed by atoms with Crippen molar-refractivity contribution in [2.45, 2.75) is 40.0 Å². The van der Waals surface area contributed by atoms with Gasteiger partial charge in [0.05, 0.1) is 16.1 Å². The van der Waals surface area contributed by atoms with Gasteiger partial charge in [0, 0.05) is 17.7 Å². The van der Waals surface area contributed by atoms with Gasteiger partial charge in [-0.25, -0.2) is 4.98 Å². The Hall–Kier alpha value is -0.900. The maximum Gasteiger partial charge on any atom is 0.309 e. The van der Waals surface area contributed by atoms with Crippen LogP contribution >= 0.6 is 11.3 Å². The molecule has 0 fully saturated rings. The highest BCUT2D eigenvalue weighted by Crippen LogP contribution is 2.25. The smallest absolute Gasteiger partial charge is 0.309 e. The summed E-state index contributed by atoms with van der Waals surface area (Å²) >= 11 is 1.61. The van der Waals surface area contributed by atoms with Crippen LogP contribution in [-0.4, -0.2) is 16.1 Å². The van der Waals surface area contributed by atoms with Crippen LogP contribution in [0.3, 0.4) is 0 Å². The standard InChI is InChI=1S/C11H17NO2S/c1-7(2)9-12-8(6-15-9)5-11(3,4)10(13)14/h6-7H,5H2,1-4H3,(H,13,14). The van der Waals surface area contributed by atoms with Crippen molar-refractivity contribution >= 4 is 17.3 Å². The normalized spacial score (nSPS) is 12.1. The van der Waals surface area contributed by atoms with E-state index in [-0.39, 0.29) is 0 Å². The summed E-state index contributed by atoms with van der Waals surface area (Å²) in [5, 5.41) is 12.0. The Morgan fingerprint density at radius 1 is 1.60 bits per heavy atom. The predicted octanol–water partition coefficient (Wildman–Crippen LogP) is 2.92.